The van der Waals surface area contributed by atoms with Crippen LogP contribution in [-0.4, -0.2) is 23.9 Å². The normalized spacial score (nSPS) is 10.8. The molecule has 0 fully saturated rings. The van der Waals surface area contributed by atoms with E-state index >= 15 is 0 Å². The molecule has 36 heavy (non-hydrogen) atoms. The molecule has 0 saturated heterocycles. The monoisotopic (exact) mass is 525 g/mol. The summed E-state index contributed by atoms with van der Waals surface area (Å²) in [4.78, 5) is 34.5. The number of esters is 1. The largest absolute Gasteiger partial charge is 0.486 e. The molecule has 0 heterocycles. The highest BCUT2D eigenvalue weighted by atomic mass is 35.5. The van der Waals surface area contributed by atoms with Crippen molar-refractivity contribution in [3.8, 4) is 11.8 Å². The second-order valence-corrected chi connectivity index (χ2v) is 8.04. The number of hydrogen-bond donors (Lipinski definition) is 1. The van der Waals surface area contributed by atoms with E-state index in [1.54, 1.807) is 6.07 Å². The van der Waals surface area contributed by atoms with Crippen LogP contribution in [0.5, 0.6) is 5.75 Å². The lowest BCUT2D eigenvalue weighted by molar-refractivity contribution is -0.384. The van der Waals surface area contributed by atoms with Crippen molar-refractivity contribution >= 4 is 52.5 Å². The summed E-state index contributed by atoms with van der Waals surface area (Å²) in [6.07, 6.45) is 1.31. The van der Waals surface area contributed by atoms with Crippen molar-refractivity contribution in [2.75, 3.05) is 12.4 Å². The van der Waals surface area contributed by atoms with Gasteiger partial charge in [0.1, 0.15) is 18.2 Å². The highest BCUT2D eigenvalue weighted by molar-refractivity contribution is 6.37. The average molecular weight is 526 g/mol. The van der Waals surface area contributed by atoms with Crippen molar-refractivity contribution in [1.29, 1.82) is 5.26 Å². The summed E-state index contributed by atoms with van der Waals surface area (Å²) in [5, 5.41) is 23.2. The highest BCUT2D eigenvalue weighted by Crippen LogP contribution is 2.35. The van der Waals surface area contributed by atoms with Crippen LogP contribution in [0.25, 0.3) is 6.08 Å². The van der Waals surface area contributed by atoms with Crippen LogP contribution in [0.4, 0.5) is 11.4 Å². The average Bonchev–Trinajstić information content (AvgIpc) is 2.86. The van der Waals surface area contributed by atoms with E-state index in [-0.39, 0.29) is 33.7 Å². The molecule has 0 bridgehead atoms. The van der Waals surface area contributed by atoms with Crippen LogP contribution < -0.4 is 10.1 Å². The quantitative estimate of drug-likeness (QED) is 0.129. The Bertz CT molecular complexity index is 1370. The lowest BCUT2D eigenvalue weighted by Gasteiger charge is -2.11. The number of halogens is 2. The third kappa shape index (κ3) is 6.60. The maximum absolute atomic E-state index is 12.6. The van der Waals surface area contributed by atoms with Crippen LogP contribution in [0.1, 0.15) is 21.5 Å². The minimum Gasteiger partial charge on any atom is -0.486 e. The zero-order valence-electron chi connectivity index (χ0n) is 18.7. The molecule has 0 aliphatic carbocycles. The number of benzene rings is 3. The van der Waals surface area contributed by atoms with E-state index in [0.29, 0.717) is 22.4 Å². The number of nitriles is 1. The number of nitro groups is 1. The summed E-state index contributed by atoms with van der Waals surface area (Å²) in [5.41, 5.74) is 1.31. The number of amides is 1. The van der Waals surface area contributed by atoms with Crippen LogP contribution in [0.2, 0.25) is 10.0 Å². The van der Waals surface area contributed by atoms with E-state index in [1.165, 1.54) is 67.8 Å². The summed E-state index contributed by atoms with van der Waals surface area (Å²) in [7, 11) is 1.26. The van der Waals surface area contributed by atoms with E-state index in [1.807, 2.05) is 6.07 Å². The van der Waals surface area contributed by atoms with Crippen LogP contribution in [0.3, 0.4) is 0 Å². The Labute approximate surface area is 215 Å². The summed E-state index contributed by atoms with van der Waals surface area (Å²) in [6.45, 7) is -0.0169. The number of nitro benzene ring substituents is 1. The zero-order valence-corrected chi connectivity index (χ0v) is 20.2. The number of nitrogens with zero attached hydrogens (tertiary/aromatic N) is 2. The van der Waals surface area contributed by atoms with Crippen LogP contribution in [0.15, 0.2) is 66.2 Å². The molecule has 0 atom stereocenters. The van der Waals surface area contributed by atoms with Gasteiger partial charge in [0.25, 0.3) is 11.6 Å². The lowest BCUT2D eigenvalue weighted by Crippen LogP contribution is -2.13. The molecule has 0 aliphatic heterocycles. The first-order chi connectivity index (χ1) is 17.2. The number of carbonyl (C=O) groups is 2. The topological polar surface area (TPSA) is 132 Å². The van der Waals surface area contributed by atoms with Gasteiger partial charge >= 0.3 is 5.97 Å². The van der Waals surface area contributed by atoms with Gasteiger partial charge < -0.3 is 14.8 Å². The van der Waals surface area contributed by atoms with Gasteiger partial charge in [0, 0.05) is 17.8 Å². The Kier molecular flexibility index (Phi) is 8.62. The third-order valence-corrected chi connectivity index (χ3v) is 5.33. The van der Waals surface area contributed by atoms with Gasteiger partial charge in [0.15, 0.2) is 5.75 Å². The van der Waals surface area contributed by atoms with E-state index < -0.39 is 16.8 Å². The summed E-state index contributed by atoms with van der Waals surface area (Å²) in [6, 6.07) is 16.6. The number of ether oxygens (including phenoxy) is 2. The summed E-state index contributed by atoms with van der Waals surface area (Å²) in [5.74, 6) is -1.05. The Balaban J connectivity index is 1.74. The fourth-order valence-electron chi connectivity index (χ4n) is 3.04. The van der Waals surface area contributed by atoms with Gasteiger partial charge in [-0.25, -0.2) is 4.79 Å². The molecule has 1 N–H and O–H groups in total. The molecule has 182 valence electrons. The molecule has 0 aromatic heterocycles. The molecule has 0 spiro atoms. The molecule has 3 aromatic carbocycles. The van der Waals surface area contributed by atoms with Crippen molar-refractivity contribution < 1.29 is 24.0 Å². The molecule has 0 radical (unpaired) electrons. The Morgan fingerprint density at radius 1 is 1.11 bits per heavy atom. The first kappa shape index (κ1) is 26.2. The van der Waals surface area contributed by atoms with E-state index in [2.05, 4.69) is 10.1 Å². The number of hydrogen-bond acceptors (Lipinski definition) is 7. The molecular weight excluding hydrogens is 509 g/mol. The fourth-order valence-corrected chi connectivity index (χ4v) is 3.65. The van der Waals surface area contributed by atoms with Gasteiger partial charge in [-0.3, -0.25) is 14.9 Å². The first-order valence-corrected chi connectivity index (χ1v) is 10.9. The van der Waals surface area contributed by atoms with E-state index in [9.17, 15) is 25.0 Å². The molecule has 3 rings (SSSR count). The Hall–Kier alpha value is -4.39. The third-order valence-electron chi connectivity index (χ3n) is 4.77. The van der Waals surface area contributed by atoms with E-state index in [0.717, 1.165) is 0 Å². The number of rotatable bonds is 8. The first-order valence-electron chi connectivity index (χ1n) is 10.2. The predicted molar refractivity (Wildman–Crippen MR) is 134 cm³/mol. The summed E-state index contributed by atoms with van der Waals surface area (Å²) < 4.78 is 10.3. The van der Waals surface area contributed by atoms with Gasteiger partial charge in [0.2, 0.25) is 0 Å². The number of anilines is 1. The molecule has 9 nitrogen and oxygen atoms in total. The van der Waals surface area contributed by atoms with Crippen LogP contribution >= 0.6 is 23.2 Å². The van der Waals surface area contributed by atoms with Crippen molar-refractivity contribution in [1.82, 2.24) is 0 Å². The van der Waals surface area contributed by atoms with E-state index in [4.69, 9.17) is 27.9 Å². The molecule has 11 heteroatoms. The van der Waals surface area contributed by atoms with Crippen molar-refractivity contribution in [2.45, 2.75) is 6.61 Å². The smallest absolute Gasteiger partial charge is 0.337 e. The molecular formula is C25H17Cl2N3O6. The Morgan fingerprint density at radius 3 is 2.36 bits per heavy atom. The predicted octanol–water partition coefficient (Wildman–Crippen LogP) is 5.81. The second kappa shape index (κ2) is 11.8. The van der Waals surface area contributed by atoms with Crippen molar-refractivity contribution in [2.24, 2.45) is 0 Å². The number of nitrogens with one attached hydrogen (secondary N) is 1. The van der Waals surface area contributed by atoms with Gasteiger partial charge in [0.05, 0.1) is 27.6 Å². The minimum absolute atomic E-state index is 0.0169. The number of non-ortho nitro benzene ring substituents is 1. The van der Waals surface area contributed by atoms with Crippen LogP contribution in [0, 0.1) is 21.4 Å². The molecule has 3 aromatic rings. The second-order valence-electron chi connectivity index (χ2n) is 7.22. The SMILES string of the molecule is COC(=O)c1ccc(NC(=O)/C(C#N)=C/c2cc(Cl)c(OCc3cccc([N+](=O)[O-])c3)c(Cl)c2)cc1. The Morgan fingerprint density at radius 2 is 1.78 bits per heavy atom. The zero-order chi connectivity index (χ0) is 26.2. The standard InChI is InChI=1S/C25H17Cl2N3O6/c1-35-25(32)17-5-7-19(8-6-17)29-24(31)18(13-28)9-16-11-21(26)23(22(27)12-16)36-14-15-3-2-4-20(10-15)30(33)34/h2-12H,14H2,1H3,(H,29,31)/b18-9+. The maximum Gasteiger partial charge on any atom is 0.337 e. The number of carbonyl (C=O) groups excluding carboxylic acids is 2. The molecule has 0 saturated carbocycles. The fraction of sp³-hybridized carbons (Fsp3) is 0.0800. The van der Waals surface area contributed by atoms with Crippen LogP contribution in [-0.2, 0) is 16.1 Å². The maximum atomic E-state index is 12.6. The number of methoxy groups -OCH3 is 1. The van der Waals surface area contributed by atoms with Gasteiger partial charge in [-0.1, -0.05) is 35.3 Å². The lowest BCUT2D eigenvalue weighted by atomic mass is 10.1. The van der Waals surface area contributed by atoms with Crippen molar-refractivity contribution in [3.63, 3.8) is 0 Å². The highest BCUT2D eigenvalue weighted by Gasteiger charge is 2.14. The van der Waals surface area contributed by atoms with Gasteiger partial charge in [-0.15, -0.1) is 0 Å². The summed E-state index contributed by atoms with van der Waals surface area (Å²) >= 11 is 12.6. The van der Waals surface area contributed by atoms with Gasteiger partial charge in [-0.2, -0.15) is 5.26 Å². The molecule has 0 aliphatic rings. The molecule has 0 unspecified atom stereocenters. The van der Waals surface area contributed by atoms with Crippen molar-refractivity contribution in [3.05, 3.63) is 103 Å². The van der Waals surface area contributed by atoms with Gasteiger partial charge in [-0.05, 0) is 53.6 Å². The minimum atomic E-state index is -0.679. The molecule has 1 amide bonds.